The van der Waals surface area contributed by atoms with Crippen LogP contribution in [0.5, 0.6) is 0 Å². The summed E-state index contributed by atoms with van der Waals surface area (Å²) in [6, 6.07) is 23.0. The first-order chi connectivity index (χ1) is 31.0. The Morgan fingerprint density at radius 2 is 1.60 bits per heavy atom. The van der Waals surface area contributed by atoms with E-state index in [-0.39, 0.29) is 64.4 Å². The Balaban J connectivity index is 0.000000244. The third-order valence-corrected chi connectivity index (χ3v) is 11.8. The summed E-state index contributed by atoms with van der Waals surface area (Å²) in [5.74, 6) is -0.826. The normalized spacial score (nSPS) is 24.8. The molecule has 0 amide bonds. The summed E-state index contributed by atoms with van der Waals surface area (Å²) in [6.07, 6.45) is 8.14. The first-order valence-corrected chi connectivity index (χ1v) is 19.8. The summed E-state index contributed by atoms with van der Waals surface area (Å²) < 4.78 is 102. The van der Waals surface area contributed by atoms with Crippen LogP contribution in [0.3, 0.4) is 0 Å². The largest absolute Gasteiger partial charge is 0.486 e. The maximum atomic E-state index is 10.2. The Hall–Kier alpha value is -3.66. The van der Waals surface area contributed by atoms with Crippen molar-refractivity contribution in [3.8, 4) is 22.5 Å². The van der Waals surface area contributed by atoms with Gasteiger partial charge in [-0.2, -0.15) is 0 Å². The van der Waals surface area contributed by atoms with Crippen molar-refractivity contribution in [1.29, 1.82) is 0 Å². The molecule has 5 heteroatoms. The van der Waals surface area contributed by atoms with Crippen LogP contribution in [0.25, 0.3) is 44.6 Å². The Morgan fingerprint density at radius 1 is 0.842 bits per heavy atom. The first-order valence-electron chi connectivity index (χ1n) is 25.8. The number of benzene rings is 2. The Kier molecular flexibility index (Phi) is 8.20. The number of fused-ring (bicyclic) bond motifs is 3. The molecule has 2 aromatic carbocycles. The second-order valence-corrected chi connectivity index (χ2v) is 19.3. The molecule has 2 fully saturated rings. The Labute approximate surface area is 373 Å². The predicted molar refractivity (Wildman–Crippen MR) is 234 cm³/mol. The van der Waals surface area contributed by atoms with Crippen LogP contribution in [0.15, 0.2) is 77.5 Å². The molecule has 6 aromatic rings. The third kappa shape index (κ3) is 9.31. The second-order valence-electron chi connectivity index (χ2n) is 19.3. The van der Waals surface area contributed by atoms with Gasteiger partial charge in [-0.25, -0.2) is 4.98 Å². The number of rotatable bonds is 4. The molecular weight excluding hydrogens is 875 g/mol. The van der Waals surface area contributed by atoms with Crippen LogP contribution >= 0.6 is 0 Å². The molecule has 1 spiro atoms. The standard InChI is InChI=1S/C34H41N2O.C18H22N.Ir/c1-22-11-12-25-24-9-8-10-26(28(24)37-30(25)36-22)27-19-23(13-18-35-27)29-32(4,5)20-34(21-33(29,6)7)16-14-31(2,3)15-17-34;1-13-6-8-15(9-7-13)17-10-16(11-18(3,4)5)14(2)12-19-17;/h8-9,11-13,18-19,29H,14-17,20-21H2,1-7H3;6-8,10,12H,11H2,1-5H3;/q2*-1;/i1D3,29D;1D3,2D3,11D2;. The summed E-state index contributed by atoms with van der Waals surface area (Å²) in [6.45, 7) is 12.0. The SMILES string of the molecule is [2H]C([2H])([2H])c1c[c-]c(-c2cc(C([2H])([2H])C(C)(C)C)c(C([2H])([2H])[2H])cn2)cc1.[2H]C([2H])([2H])c1ccc2c(n1)oc1c(-c3cc(C4([2H])C(C)(C)CC5(CCC(C)(C)CC5)CC4(C)C)ccn3)[c-]ccc12.[Ir]. The number of pyridine rings is 3. The molecule has 57 heavy (non-hydrogen) atoms. The molecule has 2 saturated carbocycles. The minimum atomic E-state index is -2.51. The maximum Gasteiger partial charge on any atom is 0.216 e. The van der Waals surface area contributed by atoms with E-state index < -0.39 is 38.2 Å². The van der Waals surface area contributed by atoms with Gasteiger partial charge >= 0.3 is 0 Å². The van der Waals surface area contributed by atoms with E-state index in [1.54, 1.807) is 33.0 Å². The fourth-order valence-electron chi connectivity index (χ4n) is 9.85. The van der Waals surface area contributed by atoms with E-state index in [0.717, 1.165) is 29.2 Å². The summed E-state index contributed by atoms with van der Waals surface area (Å²) in [5.41, 5.74) is 3.43. The van der Waals surface area contributed by atoms with E-state index in [2.05, 4.69) is 69.7 Å². The van der Waals surface area contributed by atoms with Gasteiger partial charge in [-0.1, -0.05) is 97.8 Å². The van der Waals surface area contributed by atoms with Gasteiger partial charge in [0.05, 0.1) is 5.58 Å². The van der Waals surface area contributed by atoms with Gasteiger partial charge in [-0.3, -0.25) is 0 Å². The first kappa shape index (κ1) is 29.5. The van der Waals surface area contributed by atoms with Crippen molar-refractivity contribution in [3.05, 3.63) is 113 Å². The van der Waals surface area contributed by atoms with Gasteiger partial charge in [0, 0.05) is 60.0 Å². The molecule has 303 valence electrons. The molecule has 0 saturated heterocycles. The van der Waals surface area contributed by atoms with E-state index in [9.17, 15) is 1.37 Å². The topological polar surface area (TPSA) is 51.8 Å². The number of hydrogen-bond acceptors (Lipinski definition) is 4. The van der Waals surface area contributed by atoms with E-state index in [4.69, 9.17) is 24.5 Å². The van der Waals surface area contributed by atoms with Crippen LogP contribution in [0.1, 0.15) is 151 Å². The molecule has 0 aliphatic heterocycles. The van der Waals surface area contributed by atoms with Crippen molar-refractivity contribution < 1.29 is 41.0 Å². The van der Waals surface area contributed by atoms with Crippen LogP contribution in [-0.4, -0.2) is 15.0 Å². The molecule has 2 aliphatic rings. The molecule has 0 bridgehead atoms. The average molecular weight is 950 g/mol. The Morgan fingerprint density at radius 3 is 2.25 bits per heavy atom. The fourth-order valence-corrected chi connectivity index (χ4v) is 9.85. The molecular formula is C52H63IrN3O-2. The molecule has 8 rings (SSSR count). The zero-order valence-electron chi connectivity index (χ0n) is 46.8. The average Bonchev–Trinajstić information content (AvgIpc) is 3.61. The van der Waals surface area contributed by atoms with Crippen molar-refractivity contribution in [1.82, 2.24) is 15.0 Å². The van der Waals surface area contributed by atoms with E-state index in [1.807, 2.05) is 18.2 Å². The maximum absolute atomic E-state index is 10.2. The monoisotopic (exact) mass is 951 g/mol. The smallest absolute Gasteiger partial charge is 0.216 e. The van der Waals surface area contributed by atoms with Crippen molar-refractivity contribution in [3.63, 3.8) is 0 Å². The molecule has 4 nitrogen and oxygen atoms in total. The van der Waals surface area contributed by atoms with Crippen molar-refractivity contribution in [2.75, 3.05) is 0 Å². The van der Waals surface area contributed by atoms with Gasteiger partial charge in [0.25, 0.3) is 0 Å². The number of furan rings is 1. The number of nitrogens with zero attached hydrogens (tertiary/aromatic N) is 3. The fraction of sp³-hybridized carbons (Fsp3) is 0.481. The van der Waals surface area contributed by atoms with Gasteiger partial charge in [0.2, 0.25) is 5.71 Å². The van der Waals surface area contributed by atoms with E-state index >= 15 is 0 Å². The van der Waals surface area contributed by atoms with Crippen molar-refractivity contribution in [2.45, 2.75) is 134 Å². The van der Waals surface area contributed by atoms with Gasteiger partial charge in [-0.15, -0.1) is 53.6 Å². The summed E-state index contributed by atoms with van der Waals surface area (Å²) in [7, 11) is 0. The third-order valence-electron chi connectivity index (χ3n) is 11.8. The second kappa shape index (κ2) is 15.8. The number of aromatic nitrogens is 3. The molecule has 0 N–H and O–H groups in total. The van der Waals surface area contributed by atoms with Gasteiger partial charge < -0.3 is 14.4 Å². The quantitative estimate of drug-likeness (QED) is 0.165. The van der Waals surface area contributed by atoms with Crippen LogP contribution in [0, 0.1) is 59.8 Å². The minimum absolute atomic E-state index is 0. The number of hydrogen-bond donors (Lipinski definition) is 0. The molecule has 1 radical (unpaired) electrons. The number of aryl methyl sites for hydroxylation is 3. The van der Waals surface area contributed by atoms with E-state index in [0.29, 0.717) is 33.5 Å². The van der Waals surface area contributed by atoms with Crippen LogP contribution in [-0.2, 0) is 26.5 Å². The van der Waals surface area contributed by atoms with Crippen LogP contribution in [0.4, 0.5) is 0 Å². The molecule has 0 atom stereocenters. The van der Waals surface area contributed by atoms with Crippen LogP contribution in [0.2, 0.25) is 0 Å². The molecule has 0 unspecified atom stereocenters. The summed E-state index contributed by atoms with van der Waals surface area (Å²) in [4.78, 5) is 13.2. The molecule has 2 aliphatic carbocycles. The van der Waals surface area contributed by atoms with Gasteiger partial charge in [0.1, 0.15) is 0 Å². The predicted octanol–water partition coefficient (Wildman–Crippen LogP) is 14.4. The zero-order valence-corrected chi connectivity index (χ0v) is 37.1. The minimum Gasteiger partial charge on any atom is -0.486 e. The van der Waals surface area contributed by atoms with Gasteiger partial charge in [0.15, 0.2) is 0 Å². The summed E-state index contributed by atoms with van der Waals surface area (Å²) >= 11 is 0. The van der Waals surface area contributed by atoms with Crippen LogP contribution < -0.4 is 0 Å². The zero-order chi connectivity index (χ0) is 50.5. The molecule has 4 heterocycles. The Bertz CT molecular complexity index is 2800. The summed E-state index contributed by atoms with van der Waals surface area (Å²) in [5, 5.41) is 1.60. The van der Waals surface area contributed by atoms with Crippen molar-refractivity contribution in [2.24, 2.45) is 27.1 Å². The van der Waals surface area contributed by atoms with Gasteiger partial charge in [-0.05, 0) is 132 Å². The van der Waals surface area contributed by atoms with Crippen molar-refractivity contribution >= 4 is 22.1 Å². The molecule has 4 aromatic heterocycles. The van der Waals surface area contributed by atoms with E-state index in [1.165, 1.54) is 62.2 Å².